The van der Waals surface area contributed by atoms with Crippen LogP contribution >= 0.6 is 0 Å². The average molecular weight is 178 g/mol. The Kier molecular flexibility index (Phi) is 1.33. The highest BCUT2D eigenvalue weighted by Crippen LogP contribution is 2.52. The van der Waals surface area contributed by atoms with Gasteiger partial charge in [-0.25, -0.2) is 0 Å². The summed E-state index contributed by atoms with van der Waals surface area (Å²) < 4.78 is 5.98. The molecule has 13 heavy (non-hydrogen) atoms. The lowest BCUT2D eigenvalue weighted by molar-refractivity contribution is -0.147. The van der Waals surface area contributed by atoms with E-state index in [2.05, 4.69) is 13.0 Å². The lowest BCUT2D eigenvalue weighted by Crippen LogP contribution is -2.45. The van der Waals surface area contributed by atoms with E-state index in [1.165, 1.54) is 5.57 Å². The maximum absolute atomic E-state index is 11.8. The van der Waals surface area contributed by atoms with Gasteiger partial charge in [0.25, 0.3) is 0 Å². The predicted molar refractivity (Wildman–Crippen MR) is 48.3 cm³/mol. The number of ether oxygens (including phenoxy) is 1. The fraction of sp³-hybridized carbons (Fsp3) is 0.727. The molecule has 3 atom stereocenters. The zero-order valence-corrected chi connectivity index (χ0v) is 7.88. The molecule has 0 amide bonds. The first-order valence-electron chi connectivity index (χ1n) is 5.12. The minimum Gasteiger partial charge on any atom is -0.362 e. The van der Waals surface area contributed by atoms with Crippen LogP contribution in [0, 0.1) is 5.92 Å². The van der Waals surface area contributed by atoms with Crippen LogP contribution in [0.3, 0.4) is 0 Å². The molecule has 2 aliphatic heterocycles. The Morgan fingerprint density at radius 2 is 2.46 bits per heavy atom. The second kappa shape index (κ2) is 2.24. The summed E-state index contributed by atoms with van der Waals surface area (Å²) >= 11 is 0. The monoisotopic (exact) mass is 178 g/mol. The third-order valence-electron chi connectivity index (χ3n) is 3.86. The van der Waals surface area contributed by atoms with Crippen LogP contribution in [0.25, 0.3) is 0 Å². The Bertz CT molecular complexity index is 305. The van der Waals surface area contributed by atoms with Crippen molar-refractivity contribution in [2.24, 2.45) is 5.92 Å². The minimum atomic E-state index is -0.153. The van der Waals surface area contributed by atoms with Gasteiger partial charge in [-0.3, -0.25) is 4.79 Å². The number of hydrogen-bond donors (Lipinski definition) is 0. The van der Waals surface area contributed by atoms with Gasteiger partial charge in [-0.05, 0) is 31.8 Å². The lowest BCUT2D eigenvalue weighted by Gasteiger charge is -2.36. The Hall–Kier alpha value is -0.630. The molecule has 2 heteroatoms. The third-order valence-corrected chi connectivity index (χ3v) is 3.86. The molecule has 1 aliphatic carbocycles. The van der Waals surface area contributed by atoms with Crippen molar-refractivity contribution in [2.75, 3.05) is 0 Å². The van der Waals surface area contributed by atoms with Crippen LogP contribution in [0.4, 0.5) is 0 Å². The van der Waals surface area contributed by atoms with E-state index in [0.29, 0.717) is 12.2 Å². The molecule has 2 nitrogen and oxygen atoms in total. The van der Waals surface area contributed by atoms with E-state index in [1.807, 2.05) is 0 Å². The Morgan fingerprint density at radius 3 is 3.31 bits per heavy atom. The van der Waals surface area contributed by atoms with Crippen molar-refractivity contribution in [3.05, 3.63) is 11.6 Å². The molecule has 3 aliphatic rings. The SMILES string of the molecule is CC1=C[C@H]2CC(=O)[C@@H]3CCC[C@@]13O2. The summed E-state index contributed by atoms with van der Waals surface area (Å²) in [5.41, 5.74) is 1.16. The average Bonchev–Trinajstić information content (AvgIpc) is 2.58. The van der Waals surface area contributed by atoms with E-state index in [-0.39, 0.29) is 17.6 Å². The van der Waals surface area contributed by atoms with Gasteiger partial charge in [0.1, 0.15) is 5.78 Å². The zero-order valence-electron chi connectivity index (χ0n) is 7.88. The fourth-order valence-corrected chi connectivity index (χ4v) is 3.27. The number of ketones is 1. The van der Waals surface area contributed by atoms with E-state index in [9.17, 15) is 4.79 Å². The molecule has 1 spiro atoms. The van der Waals surface area contributed by atoms with Gasteiger partial charge in [-0.1, -0.05) is 6.08 Å². The number of Topliss-reactive ketones (excluding diaryl/α,β-unsaturated/α-hetero) is 1. The number of carbonyl (C=O) groups is 1. The summed E-state index contributed by atoms with van der Waals surface area (Å²) in [5.74, 6) is 0.615. The summed E-state index contributed by atoms with van der Waals surface area (Å²) in [5, 5.41) is 0. The van der Waals surface area contributed by atoms with Crippen molar-refractivity contribution < 1.29 is 9.53 Å². The first kappa shape index (κ1) is 7.74. The number of carbonyl (C=O) groups excluding carboxylic acids is 1. The Morgan fingerprint density at radius 1 is 1.62 bits per heavy atom. The van der Waals surface area contributed by atoms with E-state index in [1.54, 1.807) is 0 Å². The number of rotatable bonds is 0. The summed E-state index contributed by atoms with van der Waals surface area (Å²) in [7, 11) is 0. The van der Waals surface area contributed by atoms with Crippen molar-refractivity contribution in [3.63, 3.8) is 0 Å². The van der Waals surface area contributed by atoms with Gasteiger partial charge in [0.15, 0.2) is 0 Å². The smallest absolute Gasteiger partial charge is 0.142 e. The van der Waals surface area contributed by atoms with E-state index < -0.39 is 0 Å². The Balaban J connectivity index is 2.10. The van der Waals surface area contributed by atoms with E-state index in [4.69, 9.17) is 4.74 Å². The van der Waals surface area contributed by atoms with Crippen LogP contribution in [-0.4, -0.2) is 17.5 Å². The maximum atomic E-state index is 11.8. The first-order chi connectivity index (χ1) is 6.22. The largest absolute Gasteiger partial charge is 0.362 e. The van der Waals surface area contributed by atoms with E-state index in [0.717, 1.165) is 19.3 Å². The molecule has 70 valence electrons. The van der Waals surface area contributed by atoms with Crippen LogP contribution in [-0.2, 0) is 9.53 Å². The fourth-order valence-electron chi connectivity index (χ4n) is 3.27. The quantitative estimate of drug-likeness (QED) is 0.529. The van der Waals surface area contributed by atoms with Crippen LogP contribution in [0.2, 0.25) is 0 Å². The van der Waals surface area contributed by atoms with Gasteiger partial charge in [0.2, 0.25) is 0 Å². The van der Waals surface area contributed by atoms with Crippen LogP contribution < -0.4 is 0 Å². The summed E-state index contributed by atoms with van der Waals surface area (Å²) in [6, 6.07) is 0. The van der Waals surface area contributed by atoms with Crippen molar-refractivity contribution in [1.82, 2.24) is 0 Å². The third kappa shape index (κ3) is 0.798. The number of fused-ring (bicyclic) bond motifs is 1. The highest BCUT2D eigenvalue weighted by atomic mass is 16.5. The van der Waals surface area contributed by atoms with Gasteiger partial charge >= 0.3 is 0 Å². The van der Waals surface area contributed by atoms with Gasteiger partial charge < -0.3 is 4.74 Å². The zero-order chi connectivity index (χ0) is 9.05. The number of hydrogen-bond acceptors (Lipinski definition) is 2. The van der Waals surface area contributed by atoms with Crippen LogP contribution in [0.15, 0.2) is 11.6 Å². The molecule has 1 saturated carbocycles. The molecule has 0 N–H and O–H groups in total. The second-order valence-electron chi connectivity index (χ2n) is 4.51. The predicted octanol–water partition coefficient (Wildman–Crippen LogP) is 1.84. The van der Waals surface area contributed by atoms with Gasteiger partial charge in [0.05, 0.1) is 17.6 Å². The molecule has 3 rings (SSSR count). The lowest BCUT2D eigenvalue weighted by atomic mass is 9.82. The van der Waals surface area contributed by atoms with Gasteiger partial charge in [0, 0.05) is 6.42 Å². The molecule has 0 aromatic carbocycles. The molecule has 0 unspecified atom stereocenters. The van der Waals surface area contributed by atoms with Crippen molar-refractivity contribution in [1.29, 1.82) is 0 Å². The van der Waals surface area contributed by atoms with Crippen LogP contribution in [0.5, 0.6) is 0 Å². The second-order valence-corrected chi connectivity index (χ2v) is 4.51. The molecule has 0 aromatic heterocycles. The molecular weight excluding hydrogens is 164 g/mol. The van der Waals surface area contributed by atoms with Crippen molar-refractivity contribution >= 4 is 5.78 Å². The minimum absolute atomic E-state index is 0.0989. The molecule has 0 aromatic rings. The standard InChI is InChI=1S/C11H14O2/c1-7-5-8-6-10(12)9-3-2-4-11(7,9)13-8/h5,8-9H,2-4,6H2,1H3/t8-,9-,11+/m0/s1. The molecule has 1 saturated heterocycles. The Labute approximate surface area is 78.0 Å². The molecular formula is C11H14O2. The summed E-state index contributed by atoms with van der Waals surface area (Å²) in [6.45, 7) is 2.12. The van der Waals surface area contributed by atoms with Crippen molar-refractivity contribution in [2.45, 2.75) is 44.3 Å². The highest BCUT2D eigenvalue weighted by molar-refractivity contribution is 5.85. The van der Waals surface area contributed by atoms with Gasteiger partial charge in [-0.15, -0.1) is 0 Å². The molecule has 0 radical (unpaired) electrons. The maximum Gasteiger partial charge on any atom is 0.142 e. The molecule has 2 heterocycles. The summed E-state index contributed by atoms with van der Waals surface area (Å²) in [6.07, 6.45) is 6.11. The van der Waals surface area contributed by atoms with E-state index >= 15 is 0 Å². The topological polar surface area (TPSA) is 26.3 Å². The molecule has 2 bridgehead atoms. The summed E-state index contributed by atoms with van der Waals surface area (Å²) in [4.78, 5) is 11.8. The van der Waals surface area contributed by atoms with Crippen LogP contribution in [0.1, 0.15) is 32.6 Å². The van der Waals surface area contributed by atoms with Crippen molar-refractivity contribution in [3.8, 4) is 0 Å². The molecule has 2 fully saturated rings. The normalized spacial score (nSPS) is 47.8. The first-order valence-corrected chi connectivity index (χ1v) is 5.12. The van der Waals surface area contributed by atoms with Gasteiger partial charge in [-0.2, -0.15) is 0 Å². The highest BCUT2D eigenvalue weighted by Gasteiger charge is 2.56.